The molecule has 2 nitrogen and oxygen atoms in total. The molecule has 3 unspecified atom stereocenters. The van der Waals surface area contributed by atoms with Gasteiger partial charge in [0, 0.05) is 29.1 Å². The standard InChI is InChI=1S/C9H11FN2S/c10-9-11-4-8(13-9)6-3-5-1-2-7(6)12-5/h4-7,12H,1-3H2. The van der Waals surface area contributed by atoms with Crippen LogP contribution >= 0.6 is 11.3 Å². The minimum absolute atomic E-state index is 0.294. The Bertz CT molecular complexity index is 325. The first kappa shape index (κ1) is 7.88. The summed E-state index contributed by atoms with van der Waals surface area (Å²) < 4.78 is 12.7. The van der Waals surface area contributed by atoms with Crippen molar-refractivity contribution in [2.45, 2.75) is 37.3 Å². The minimum atomic E-state index is -0.294. The Morgan fingerprint density at radius 3 is 3.00 bits per heavy atom. The van der Waals surface area contributed by atoms with Gasteiger partial charge in [0.2, 0.25) is 0 Å². The van der Waals surface area contributed by atoms with E-state index in [2.05, 4.69) is 10.3 Å². The molecule has 2 aliphatic rings. The fraction of sp³-hybridized carbons (Fsp3) is 0.667. The van der Waals surface area contributed by atoms with E-state index < -0.39 is 0 Å². The second-order valence-corrected chi connectivity index (χ2v) is 4.92. The van der Waals surface area contributed by atoms with Crippen LogP contribution in [0.3, 0.4) is 0 Å². The van der Waals surface area contributed by atoms with Gasteiger partial charge in [-0.1, -0.05) is 11.3 Å². The molecule has 4 heteroatoms. The van der Waals surface area contributed by atoms with Gasteiger partial charge in [0.1, 0.15) is 0 Å². The first-order valence-electron chi connectivity index (χ1n) is 4.70. The van der Waals surface area contributed by atoms with Crippen LogP contribution in [-0.4, -0.2) is 17.1 Å². The number of nitrogens with one attached hydrogen (secondary N) is 1. The third kappa shape index (κ3) is 1.20. The molecule has 0 amide bonds. The van der Waals surface area contributed by atoms with Gasteiger partial charge in [-0.3, -0.25) is 0 Å². The van der Waals surface area contributed by atoms with E-state index in [1.54, 1.807) is 6.20 Å². The molecule has 2 saturated heterocycles. The average Bonchev–Trinajstić information content (AvgIpc) is 2.77. The highest BCUT2D eigenvalue weighted by Crippen LogP contribution is 2.41. The lowest BCUT2D eigenvalue weighted by atomic mass is 9.88. The van der Waals surface area contributed by atoms with Crippen LogP contribution in [0, 0.1) is 5.26 Å². The van der Waals surface area contributed by atoms with Crippen molar-refractivity contribution in [2.75, 3.05) is 0 Å². The van der Waals surface area contributed by atoms with E-state index in [9.17, 15) is 4.39 Å². The molecular weight excluding hydrogens is 187 g/mol. The smallest absolute Gasteiger partial charge is 0.269 e. The number of thiazole rings is 1. The molecule has 0 aromatic carbocycles. The van der Waals surface area contributed by atoms with Crippen molar-refractivity contribution in [3.05, 3.63) is 16.3 Å². The fourth-order valence-electron chi connectivity index (χ4n) is 2.57. The molecule has 3 heterocycles. The normalized spacial score (nSPS) is 37.2. The molecule has 2 aliphatic heterocycles. The van der Waals surface area contributed by atoms with Gasteiger partial charge in [-0.2, -0.15) is 4.39 Å². The molecule has 1 N–H and O–H groups in total. The molecule has 0 aliphatic carbocycles. The van der Waals surface area contributed by atoms with Crippen LogP contribution in [-0.2, 0) is 0 Å². The predicted octanol–water partition coefficient (Wildman–Crippen LogP) is 1.89. The first-order chi connectivity index (χ1) is 6.33. The Morgan fingerprint density at radius 1 is 1.54 bits per heavy atom. The van der Waals surface area contributed by atoms with E-state index in [-0.39, 0.29) is 5.26 Å². The largest absolute Gasteiger partial charge is 0.311 e. The number of hydrogen-bond donors (Lipinski definition) is 1. The summed E-state index contributed by atoms with van der Waals surface area (Å²) in [5.74, 6) is 0.528. The van der Waals surface area contributed by atoms with Crippen molar-refractivity contribution in [3.63, 3.8) is 0 Å². The van der Waals surface area contributed by atoms with Crippen molar-refractivity contribution < 1.29 is 4.39 Å². The van der Waals surface area contributed by atoms with Crippen LogP contribution < -0.4 is 5.32 Å². The second-order valence-electron chi connectivity index (χ2n) is 3.91. The number of aromatic nitrogens is 1. The Morgan fingerprint density at radius 2 is 2.46 bits per heavy atom. The Labute approximate surface area is 80.2 Å². The maximum Gasteiger partial charge on any atom is 0.269 e. The molecular formula is C9H11FN2S. The molecule has 1 aromatic rings. The molecule has 3 rings (SSSR count). The molecule has 70 valence electrons. The minimum Gasteiger partial charge on any atom is -0.311 e. The topological polar surface area (TPSA) is 24.9 Å². The fourth-order valence-corrected chi connectivity index (χ4v) is 3.39. The van der Waals surface area contributed by atoms with Crippen molar-refractivity contribution in [1.29, 1.82) is 0 Å². The van der Waals surface area contributed by atoms with E-state index in [4.69, 9.17) is 0 Å². The molecule has 0 saturated carbocycles. The first-order valence-corrected chi connectivity index (χ1v) is 5.52. The number of hydrogen-bond acceptors (Lipinski definition) is 3. The molecule has 1 aromatic heterocycles. The van der Waals surface area contributed by atoms with Crippen LogP contribution in [0.4, 0.5) is 4.39 Å². The number of halogens is 1. The molecule has 13 heavy (non-hydrogen) atoms. The zero-order valence-corrected chi connectivity index (χ0v) is 7.98. The quantitative estimate of drug-likeness (QED) is 0.745. The molecule has 3 atom stereocenters. The molecule has 2 fully saturated rings. The Balaban J connectivity index is 1.87. The van der Waals surface area contributed by atoms with Crippen molar-refractivity contribution in [1.82, 2.24) is 10.3 Å². The highest BCUT2D eigenvalue weighted by Gasteiger charge is 2.40. The predicted molar refractivity (Wildman–Crippen MR) is 49.4 cm³/mol. The number of fused-ring (bicyclic) bond motifs is 2. The van der Waals surface area contributed by atoms with Crippen molar-refractivity contribution in [3.8, 4) is 0 Å². The summed E-state index contributed by atoms with van der Waals surface area (Å²) in [7, 11) is 0. The summed E-state index contributed by atoms with van der Waals surface area (Å²) in [6.45, 7) is 0. The highest BCUT2D eigenvalue weighted by atomic mass is 32.1. The maximum absolute atomic E-state index is 12.7. The van der Waals surface area contributed by atoms with Gasteiger partial charge in [0.25, 0.3) is 5.26 Å². The number of rotatable bonds is 1. The Kier molecular flexibility index (Phi) is 1.67. The summed E-state index contributed by atoms with van der Waals surface area (Å²) in [5.41, 5.74) is 0. The number of nitrogens with zero attached hydrogens (tertiary/aromatic N) is 1. The summed E-state index contributed by atoms with van der Waals surface area (Å²) in [6.07, 6.45) is 5.41. The molecule has 0 radical (unpaired) electrons. The average molecular weight is 198 g/mol. The lowest BCUT2D eigenvalue weighted by Gasteiger charge is -2.17. The lowest BCUT2D eigenvalue weighted by Crippen LogP contribution is -2.21. The summed E-state index contributed by atoms with van der Waals surface area (Å²) in [4.78, 5) is 4.79. The summed E-state index contributed by atoms with van der Waals surface area (Å²) in [6, 6.07) is 1.27. The van der Waals surface area contributed by atoms with E-state index >= 15 is 0 Å². The van der Waals surface area contributed by atoms with Gasteiger partial charge in [0.15, 0.2) is 0 Å². The van der Waals surface area contributed by atoms with Crippen molar-refractivity contribution >= 4 is 11.3 Å². The van der Waals surface area contributed by atoms with E-state index in [0.717, 1.165) is 4.88 Å². The highest BCUT2D eigenvalue weighted by molar-refractivity contribution is 7.10. The van der Waals surface area contributed by atoms with E-state index in [0.29, 0.717) is 18.0 Å². The van der Waals surface area contributed by atoms with E-state index in [1.165, 1.54) is 30.6 Å². The Hall–Kier alpha value is -0.480. The van der Waals surface area contributed by atoms with Gasteiger partial charge < -0.3 is 5.32 Å². The molecule has 0 spiro atoms. The van der Waals surface area contributed by atoms with Crippen LogP contribution in [0.25, 0.3) is 0 Å². The summed E-state index contributed by atoms with van der Waals surface area (Å²) >= 11 is 1.21. The van der Waals surface area contributed by atoms with Crippen LogP contribution in [0.2, 0.25) is 0 Å². The van der Waals surface area contributed by atoms with Gasteiger partial charge in [0.05, 0.1) is 0 Å². The third-order valence-corrected chi connectivity index (χ3v) is 4.08. The molecule has 2 bridgehead atoms. The van der Waals surface area contributed by atoms with Crippen LogP contribution in [0.5, 0.6) is 0 Å². The van der Waals surface area contributed by atoms with Gasteiger partial charge >= 0.3 is 0 Å². The maximum atomic E-state index is 12.7. The third-order valence-electron chi connectivity index (χ3n) is 3.16. The van der Waals surface area contributed by atoms with Crippen LogP contribution in [0.1, 0.15) is 30.1 Å². The second kappa shape index (κ2) is 2.75. The zero-order valence-electron chi connectivity index (χ0n) is 7.16. The van der Waals surface area contributed by atoms with Gasteiger partial charge in [-0.15, -0.1) is 0 Å². The van der Waals surface area contributed by atoms with Gasteiger partial charge in [-0.25, -0.2) is 4.98 Å². The lowest BCUT2D eigenvalue weighted by molar-refractivity contribution is 0.512. The monoisotopic (exact) mass is 198 g/mol. The summed E-state index contributed by atoms with van der Waals surface area (Å²) in [5, 5.41) is 3.25. The SMILES string of the molecule is Fc1ncc(C2CC3CCC2N3)s1. The van der Waals surface area contributed by atoms with Crippen molar-refractivity contribution in [2.24, 2.45) is 0 Å². The van der Waals surface area contributed by atoms with E-state index in [1.807, 2.05) is 0 Å². The van der Waals surface area contributed by atoms with Gasteiger partial charge in [-0.05, 0) is 19.3 Å². The van der Waals surface area contributed by atoms with Crippen LogP contribution in [0.15, 0.2) is 6.20 Å². The zero-order chi connectivity index (χ0) is 8.84.